The second-order valence-corrected chi connectivity index (χ2v) is 9.58. The lowest BCUT2D eigenvalue weighted by Gasteiger charge is -2.15. The van der Waals surface area contributed by atoms with Crippen molar-refractivity contribution in [3.8, 4) is 5.69 Å². The number of rotatable bonds is 7. The van der Waals surface area contributed by atoms with Crippen LogP contribution in [0.5, 0.6) is 0 Å². The number of para-hydroxylation sites is 1. The lowest BCUT2D eigenvalue weighted by atomic mass is 10.1. The minimum atomic E-state index is -0.612. The molecule has 1 saturated carbocycles. The van der Waals surface area contributed by atoms with E-state index < -0.39 is 11.2 Å². The monoisotopic (exact) mass is 496 g/mol. The summed E-state index contributed by atoms with van der Waals surface area (Å²) in [6.45, 7) is 3.58. The molecule has 0 unspecified atom stereocenters. The molecular formula is C29H28N4O4. The summed E-state index contributed by atoms with van der Waals surface area (Å²) in [6.07, 6.45) is 2.26. The minimum Gasteiger partial charge on any atom is -0.353 e. The van der Waals surface area contributed by atoms with Crippen molar-refractivity contribution in [2.24, 2.45) is 0 Å². The summed E-state index contributed by atoms with van der Waals surface area (Å²) in [5.74, 6) is -0.418. The molecule has 4 aromatic rings. The van der Waals surface area contributed by atoms with E-state index in [1.54, 1.807) is 48.5 Å². The average Bonchev–Trinajstić information content (AvgIpc) is 3.69. The Hall–Kier alpha value is -4.46. The van der Waals surface area contributed by atoms with Gasteiger partial charge in [-0.2, -0.15) is 0 Å². The van der Waals surface area contributed by atoms with Gasteiger partial charge < -0.3 is 10.6 Å². The third-order valence-corrected chi connectivity index (χ3v) is 6.52. The van der Waals surface area contributed by atoms with Crippen molar-refractivity contribution in [3.05, 3.63) is 104 Å². The molecular weight excluding hydrogens is 468 g/mol. The first-order valence-corrected chi connectivity index (χ1v) is 12.3. The van der Waals surface area contributed by atoms with Crippen molar-refractivity contribution >= 4 is 28.4 Å². The predicted octanol–water partition coefficient (Wildman–Crippen LogP) is 3.23. The number of anilines is 1. The Labute approximate surface area is 213 Å². The fraction of sp³-hybridized carbons (Fsp3) is 0.241. The van der Waals surface area contributed by atoms with Crippen LogP contribution in [0.3, 0.4) is 0 Å². The normalized spacial score (nSPS) is 12.9. The Morgan fingerprint density at radius 3 is 2.38 bits per heavy atom. The van der Waals surface area contributed by atoms with Crippen LogP contribution in [0.2, 0.25) is 0 Å². The van der Waals surface area contributed by atoms with Gasteiger partial charge >= 0.3 is 5.69 Å². The zero-order chi connectivity index (χ0) is 26.1. The van der Waals surface area contributed by atoms with Crippen molar-refractivity contribution in [3.63, 3.8) is 0 Å². The minimum absolute atomic E-state index is 0.0460. The van der Waals surface area contributed by atoms with Crippen LogP contribution in [0, 0.1) is 13.8 Å². The summed E-state index contributed by atoms with van der Waals surface area (Å²) in [5.41, 5.74) is 3.05. The first-order valence-electron chi connectivity index (χ1n) is 12.3. The first-order chi connectivity index (χ1) is 17.8. The van der Waals surface area contributed by atoms with Crippen LogP contribution < -0.4 is 21.9 Å². The smallest absolute Gasteiger partial charge is 0.336 e. The largest absolute Gasteiger partial charge is 0.353 e. The molecule has 0 spiro atoms. The van der Waals surface area contributed by atoms with E-state index in [-0.39, 0.29) is 30.8 Å². The van der Waals surface area contributed by atoms with Crippen LogP contribution in [0.1, 0.15) is 29.5 Å². The van der Waals surface area contributed by atoms with Crippen LogP contribution in [-0.2, 0) is 22.6 Å². The van der Waals surface area contributed by atoms with Crippen LogP contribution in [0.25, 0.3) is 16.6 Å². The predicted molar refractivity (Wildman–Crippen MR) is 143 cm³/mol. The molecule has 1 aliphatic rings. The maximum atomic E-state index is 13.6. The Bertz CT molecular complexity index is 1630. The van der Waals surface area contributed by atoms with Crippen LogP contribution in [-0.4, -0.2) is 27.0 Å². The molecule has 1 aliphatic carbocycles. The van der Waals surface area contributed by atoms with E-state index >= 15 is 0 Å². The Morgan fingerprint density at radius 2 is 1.65 bits per heavy atom. The van der Waals surface area contributed by atoms with E-state index in [9.17, 15) is 19.2 Å². The van der Waals surface area contributed by atoms with E-state index in [0.717, 1.165) is 34.1 Å². The summed E-state index contributed by atoms with van der Waals surface area (Å²) in [5, 5.41) is 6.16. The van der Waals surface area contributed by atoms with Gasteiger partial charge in [0.05, 0.1) is 23.0 Å². The van der Waals surface area contributed by atoms with Gasteiger partial charge in [0.25, 0.3) is 5.56 Å². The van der Waals surface area contributed by atoms with E-state index in [1.807, 2.05) is 32.0 Å². The lowest BCUT2D eigenvalue weighted by Crippen LogP contribution is -2.40. The highest BCUT2D eigenvalue weighted by Crippen LogP contribution is 2.19. The molecule has 0 saturated heterocycles. The van der Waals surface area contributed by atoms with Crippen molar-refractivity contribution in [1.29, 1.82) is 0 Å². The summed E-state index contributed by atoms with van der Waals surface area (Å²) in [6, 6.07) is 19.6. The Balaban J connectivity index is 1.48. The van der Waals surface area contributed by atoms with Gasteiger partial charge in [-0.15, -0.1) is 0 Å². The molecule has 2 amide bonds. The topological polar surface area (TPSA) is 102 Å². The highest BCUT2D eigenvalue weighted by atomic mass is 16.2. The van der Waals surface area contributed by atoms with E-state index in [2.05, 4.69) is 10.6 Å². The van der Waals surface area contributed by atoms with Crippen LogP contribution in [0.15, 0.2) is 76.3 Å². The number of nitrogens with zero attached hydrogens (tertiary/aromatic N) is 2. The van der Waals surface area contributed by atoms with Gasteiger partial charge in [0.1, 0.15) is 6.54 Å². The third-order valence-electron chi connectivity index (χ3n) is 6.52. The first kappa shape index (κ1) is 24.2. The van der Waals surface area contributed by atoms with E-state index in [4.69, 9.17) is 0 Å². The molecule has 5 rings (SSSR count). The number of carbonyl (C=O) groups is 2. The van der Waals surface area contributed by atoms with Crippen molar-refractivity contribution in [2.45, 2.75) is 45.7 Å². The number of hydrogen-bond acceptors (Lipinski definition) is 4. The lowest BCUT2D eigenvalue weighted by molar-refractivity contribution is -0.120. The fourth-order valence-electron chi connectivity index (χ4n) is 4.36. The van der Waals surface area contributed by atoms with Crippen molar-refractivity contribution < 1.29 is 9.59 Å². The van der Waals surface area contributed by atoms with Gasteiger partial charge in [0, 0.05) is 11.7 Å². The quantitative estimate of drug-likeness (QED) is 0.410. The SMILES string of the molecule is Cc1ccc(C)c(NC(=O)Cn2c(=O)n(-c3ccc(CC(=O)NC4CC4)cc3)c(=O)c3ccccc32)c1. The van der Waals surface area contributed by atoms with Crippen LogP contribution in [0.4, 0.5) is 5.69 Å². The summed E-state index contributed by atoms with van der Waals surface area (Å²) in [7, 11) is 0. The van der Waals surface area contributed by atoms with Crippen molar-refractivity contribution in [1.82, 2.24) is 14.5 Å². The molecule has 1 aromatic heterocycles. The van der Waals surface area contributed by atoms with Gasteiger partial charge in [-0.25, -0.2) is 9.36 Å². The van der Waals surface area contributed by atoms with E-state index in [1.165, 1.54) is 4.57 Å². The van der Waals surface area contributed by atoms with Gasteiger partial charge in [-0.1, -0.05) is 36.4 Å². The number of aryl methyl sites for hydroxylation is 2. The average molecular weight is 497 g/mol. The van der Waals surface area contributed by atoms with Gasteiger partial charge in [-0.05, 0) is 73.7 Å². The molecule has 0 aliphatic heterocycles. The van der Waals surface area contributed by atoms with E-state index in [0.29, 0.717) is 22.3 Å². The number of fused-ring (bicyclic) bond motifs is 1. The molecule has 1 fully saturated rings. The number of carbonyl (C=O) groups excluding carboxylic acids is 2. The van der Waals surface area contributed by atoms with Gasteiger partial charge in [0.15, 0.2) is 0 Å². The number of amides is 2. The fourth-order valence-corrected chi connectivity index (χ4v) is 4.36. The number of nitrogens with one attached hydrogen (secondary N) is 2. The Kier molecular flexibility index (Phi) is 6.48. The molecule has 188 valence electrons. The molecule has 0 bridgehead atoms. The summed E-state index contributed by atoms with van der Waals surface area (Å²) < 4.78 is 2.38. The Morgan fingerprint density at radius 1 is 0.919 bits per heavy atom. The second kappa shape index (κ2) is 9.89. The summed E-state index contributed by atoms with van der Waals surface area (Å²) >= 11 is 0. The molecule has 2 N–H and O–H groups in total. The molecule has 37 heavy (non-hydrogen) atoms. The second-order valence-electron chi connectivity index (χ2n) is 9.58. The van der Waals surface area contributed by atoms with Gasteiger partial charge in [-0.3, -0.25) is 19.0 Å². The maximum Gasteiger partial charge on any atom is 0.336 e. The summed E-state index contributed by atoms with van der Waals surface area (Å²) in [4.78, 5) is 52.1. The number of aromatic nitrogens is 2. The molecule has 8 nitrogen and oxygen atoms in total. The standard InChI is InChI=1S/C29H28N4O4/c1-18-7-8-19(2)24(15-18)31-27(35)17-32-25-6-4-3-5-23(25)28(36)33(29(32)37)22-13-9-20(10-14-22)16-26(34)30-21-11-12-21/h3-10,13-15,21H,11-12,16-17H2,1-2H3,(H,30,34)(H,31,35). The highest BCUT2D eigenvalue weighted by Gasteiger charge is 2.23. The zero-order valence-corrected chi connectivity index (χ0v) is 20.8. The van der Waals surface area contributed by atoms with Crippen LogP contribution >= 0.6 is 0 Å². The molecule has 8 heteroatoms. The molecule has 0 radical (unpaired) electrons. The van der Waals surface area contributed by atoms with Gasteiger partial charge in [0.2, 0.25) is 11.8 Å². The molecule has 1 heterocycles. The third kappa shape index (κ3) is 5.23. The number of hydrogen-bond donors (Lipinski definition) is 2. The van der Waals surface area contributed by atoms with Crippen molar-refractivity contribution in [2.75, 3.05) is 5.32 Å². The zero-order valence-electron chi connectivity index (χ0n) is 20.8. The highest BCUT2D eigenvalue weighted by molar-refractivity contribution is 5.92. The molecule has 0 atom stereocenters. The molecule has 3 aromatic carbocycles. The maximum absolute atomic E-state index is 13.6. The number of benzene rings is 3.